The fraction of sp³-hybridized carbons (Fsp3) is 0.526. The number of hydrogen-bond acceptors (Lipinski definition) is 7. The Bertz CT molecular complexity index is 843. The van der Waals surface area contributed by atoms with E-state index in [0.717, 1.165) is 16.7 Å². The van der Waals surface area contributed by atoms with Crippen LogP contribution in [0.5, 0.6) is 11.5 Å². The third-order valence-corrected chi connectivity index (χ3v) is 4.74. The standard InChI is InChI=1S/C19H26N4O4/c1-19(2,3)23(18(24)27-6)12-9-22(10-12)17-13-7-15(25-4)16(26-5)8-14(13)20-11-21-17/h7-8,11-12H,9-10H2,1-6H3. The zero-order valence-electron chi connectivity index (χ0n) is 16.6. The second kappa shape index (κ2) is 7.09. The van der Waals surface area contributed by atoms with Gasteiger partial charge in [0.1, 0.15) is 12.1 Å². The Morgan fingerprint density at radius 3 is 2.30 bits per heavy atom. The second-order valence-electron chi connectivity index (χ2n) is 7.49. The minimum atomic E-state index is -0.325. The number of amides is 1. The van der Waals surface area contributed by atoms with Gasteiger partial charge >= 0.3 is 6.09 Å². The number of benzene rings is 1. The molecule has 8 heteroatoms. The lowest BCUT2D eigenvalue weighted by atomic mass is 9.98. The first-order chi connectivity index (χ1) is 12.8. The molecule has 0 bridgehead atoms. The van der Waals surface area contributed by atoms with Crippen LogP contribution in [-0.2, 0) is 4.74 Å². The molecular formula is C19H26N4O4. The van der Waals surface area contributed by atoms with Gasteiger partial charge in [-0.1, -0.05) is 0 Å². The highest BCUT2D eigenvalue weighted by Crippen LogP contribution is 2.36. The molecule has 1 aromatic carbocycles. The van der Waals surface area contributed by atoms with Crippen LogP contribution in [0.4, 0.5) is 10.6 Å². The first-order valence-corrected chi connectivity index (χ1v) is 8.79. The van der Waals surface area contributed by atoms with E-state index in [1.807, 2.05) is 32.9 Å². The van der Waals surface area contributed by atoms with Crippen LogP contribution in [0.2, 0.25) is 0 Å². The molecular weight excluding hydrogens is 348 g/mol. The minimum Gasteiger partial charge on any atom is -0.493 e. The van der Waals surface area contributed by atoms with E-state index in [-0.39, 0.29) is 17.7 Å². The fourth-order valence-corrected chi connectivity index (χ4v) is 3.48. The van der Waals surface area contributed by atoms with Gasteiger partial charge in [0, 0.05) is 30.1 Å². The van der Waals surface area contributed by atoms with Gasteiger partial charge in [-0.15, -0.1) is 0 Å². The van der Waals surface area contributed by atoms with Gasteiger partial charge < -0.3 is 19.1 Å². The molecule has 0 N–H and O–H groups in total. The lowest BCUT2D eigenvalue weighted by Crippen LogP contribution is -2.65. The van der Waals surface area contributed by atoms with Crippen molar-refractivity contribution in [3.05, 3.63) is 18.5 Å². The number of carbonyl (C=O) groups is 1. The lowest BCUT2D eigenvalue weighted by Gasteiger charge is -2.50. The van der Waals surface area contributed by atoms with Crippen LogP contribution in [0.25, 0.3) is 10.9 Å². The Labute approximate surface area is 159 Å². The van der Waals surface area contributed by atoms with Crippen molar-refractivity contribution in [2.45, 2.75) is 32.4 Å². The van der Waals surface area contributed by atoms with Gasteiger partial charge in [0.25, 0.3) is 0 Å². The number of nitrogens with zero attached hydrogens (tertiary/aromatic N) is 4. The summed E-state index contributed by atoms with van der Waals surface area (Å²) in [5.74, 6) is 2.07. The van der Waals surface area contributed by atoms with Crippen molar-refractivity contribution in [3.63, 3.8) is 0 Å². The highest BCUT2D eigenvalue weighted by Gasteiger charge is 2.41. The second-order valence-corrected chi connectivity index (χ2v) is 7.49. The van der Waals surface area contributed by atoms with Crippen LogP contribution in [0.3, 0.4) is 0 Å². The third kappa shape index (κ3) is 3.43. The number of hydrogen-bond donors (Lipinski definition) is 0. The molecule has 8 nitrogen and oxygen atoms in total. The van der Waals surface area contributed by atoms with E-state index < -0.39 is 0 Å². The first-order valence-electron chi connectivity index (χ1n) is 8.79. The molecule has 0 radical (unpaired) electrons. The quantitative estimate of drug-likeness (QED) is 0.814. The number of aromatic nitrogens is 2. The smallest absolute Gasteiger partial charge is 0.410 e. The number of methoxy groups -OCH3 is 3. The summed E-state index contributed by atoms with van der Waals surface area (Å²) in [5.41, 5.74) is 0.454. The van der Waals surface area contributed by atoms with E-state index in [1.54, 1.807) is 25.4 Å². The predicted octanol–water partition coefficient (Wildman–Crippen LogP) is 2.70. The van der Waals surface area contributed by atoms with E-state index >= 15 is 0 Å². The average Bonchev–Trinajstić information content (AvgIpc) is 2.61. The molecule has 1 aliphatic heterocycles. The van der Waals surface area contributed by atoms with Crippen molar-refractivity contribution in [2.75, 3.05) is 39.3 Å². The summed E-state index contributed by atoms with van der Waals surface area (Å²) in [7, 11) is 4.61. The number of ether oxygens (including phenoxy) is 3. The van der Waals surface area contributed by atoms with Crippen molar-refractivity contribution in [2.24, 2.45) is 0 Å². The molecule has 27 heavy (non-hydrogen) atoms. The Hall–Kier alpha value is -2.77. The normalized spacial score (nSPS) is 14.7. The van der Waals surface area contributed by atoms with E-state index in [0.29, 0.717) is 24.6 Å². The zero-order valence-corrected chi connectivity index (χ0v) is 16.6. The molecule has 0 saturated carbocycles. The molecule has 1 saturated heterocycles. The minimum absolute atomic E-state index is 0.0580. The molecule has 2 aromatic rings. The molecule has 0 spiro atoms. The van der Waals surface area contributed by atoms with Crippen LogP contribution < -0.4 is 14.4 Å². The molecule has 1 amide bonds. The van der Waals surface area contributed by atoms with Crippen molar-refractivity contribution in [1.82, 2.24) is 14.9 Å². The highest BCUT2D eigenvalue weighted by atomic mass is 16.5. The highest BCUT2D eigenvalue weighted by molar-refractivity contribution is 5.92. The molecule has 1 aromatic heterocycles. The monoisotopic (exact) mass is 374 g/mol. The van der Waals surface area contributed by atoms with Gasteiger partial charge in [0.2, 0.25) is 0 Å². The molecule has 1 aliphatic rings. The van der Waals surface area contributed by atoms with E-state index in [2.05, 4.69) is 14.9 Å². The van der Waals surface area contributed by atoms with Crippen molar-refractivity contribution in [3.8, 4) is 11.5 Å². The van der Waals surface area contributed by atoms with Crippen LogP contribution in [0.1, 0.15) is 20.8 Å². The lowest BCUT2D eigenvalue weighted by molar-refractivity contribution is 0.0479. The number of carbonyl (C=O) groups excluding carboxylic acids is 1. The molecule has 0 unspecified atom stereocenters. The van der Waals surface area contributed by atoms with Crippen LogP contribution in [-0.4, -0.2) is 67.0 Å². The molecule has 3 rings (SSSR count). The molecule has 0 aliphatic carbocycles. The van der Waals surface area contributed by atoms with Crippen LogP contribution in [0, 0.1) is 0 Å². The van der Waals surface area contributed by atoms with Gasteiger partial charge in [-0.2, -0.15) is 0 Å². The summed E-state index contributed by atoms with van der Waals surface area (Å²) >= 11 is 0. The van der Waals surface area contributed by atoms with Crippen molar-refractivity contribution in [1.29, 1.82) is 0 Å². The summed E-state index contributed by atoms with van der Waals surface area (Å²) in [4.78, 5) is 25.0. The van der Waals surface area contributed by atoms with Crippen molar-refractivity contribution >= 4 is 22.8 Å². The number of rotatable bonds is 4. The topological polar surface area (TPSA) is 77.0 Å². The van der Waals surface area contributed by atoms with Gasteiger partial charge in [-0.05, 0) is 26.8 Å². The summed E-state index contributed by atoms with van der Waals surface area (Å²) in [6, 6.07) is 3.79. The molecule has 0 atom stereocenters. The Balaban J connectivity index is 1.89. The van der Waals surface area contributed by atoms with Crippen molar-refractivity contribution < 1.29 is 19.0 Å². The SMILES string of the molecule is COC(=O)N(C1CN(c2ncnc3cc(OC)c(OC)cc23)C1)C(C)(C)C. The summed E-state index contributed by atoms with van der Waals surface area (Å²) in [6.07, 6.45) is 1.23. The maximum atomic E-state index is 12.2. The summed E-state index contributed by atoms with van der Waals surface area (Å²) in [6.45, 7) is 7.36. The molecule has 1 fully saturated rings. The van der Waals surface area contributed by atoms with Crippen LogP contribution in [0.15, 0.2) is 18.5 Å². The maximum Gasteiger partial charge on any atom is 0.410 e. The van der Waals surface area contributed by atoms with Gasteiger partial charge in [0.05, 0.1) is 32.9 Å². The molecule has 2 heterocycles. The Morgan fingerprint density at radius 2 is 1.74 bits per heavy atom. The predicted molar refractivity (Wildman–Crippen MR) is 103 cm³/mol. The zero-order chi connectivity index (χ0) is 19.8. The molecule has 146 valence electrons. The van der Waals surface area contributed by atoms with Gasteiger partial charge in [-0.25, -0.2) is 14.8 Å². The van der Waals surface area contributed by atoms with Crippen LogP contribution >= 0.6 is 0 Å². The van der Waals surface area contributed by atoms with E-state index in [1.165, 1.54) is 7.11 Å². The third-order valence-electron chi connectivity index (χ3n) is 4.74. The van der Waals surface area contributed by atoms with E-state index in [4.69, 9.17) is 14.2 Å². The first kappa shape index (κ1) is 19.0. The maximum absolute atomic E-state index is 12.2. The fourth-order valence-electron chi connectivity index (χ4n) is 3.48. The Kier molecular flexibility index (Phi) is 4.99. The Morgan fingerprint density at radius 1 is 1.11 bits per heavy atom. The summed E-state index contributed by atoms with van der Waals surface area (Å²) < 4.78 is 15.7. The number of fused-ring (bicyclic) bond motifs is 1. The van der Waals surface area contributed by atoms with Gasteiger partial charge in [-0.3, -0.25) is 4.90 Å². The largest absolute Gasteiger partial charge is 0.493 e. The van der Waals surface area contributed by atoms with E-state index in [9.17, 15) is 4.79 Å². The van der Waals surface area contributed by atoms with Gasteiger partial charge in [0.15, 0.2) is 11.5 Å². The number of anilines is 1. The summed E-state index contributed by atoms with van der Waals surface area (Å²) in [5, 5.41) is 0.883. The average molecular weight is 374 g/mol.